The molecule has 0 unspecified atom stereocenters. The molecule has 1 atom stereocenters. The summed E-state index contributed by atoms with van der Waals surface area (Å²) in [5, 5.41) is 2.61. The average molecular weight is 346 g/mol. The summed E-state index contributed by atoms with van der Waals surface area (Å²) >= 11 is 0. The number of nitrogens with one attached hydrogen (secondary N) is 1. The molecular formula is C18H16F2N2O3. The van der Waals surface area contributed by atoms with Crippen LogP contribution in [-0.4, -0.2) is 30.0 Å². The minimum atomic E-state index is -1.28. The Balaban J connectivity index is 1.69. The Kier molecular flexibility index (Phi) is 4.39. The Bertz CT molecular complexity index is 810. The standard InChI is InChI=1S/C18H16F2N2O3/c1-18(12-6-8-13(19)9-7-12)16(23)22(17(24)21-18)10-11-25-15-5-3-2-4-14(15)20/h2-9H,10-11H2,1H3,(H,21,24)/t18-/m1/s1. The number of rotatable bonds is 5. The number of benzene rings is 2. The highest BCUT2D eigenvalue weighted by molar-refractivity contribution is 6.07. The molecule has 1 heterocycles. The van der Waals surface area contributed by atoms with E-state index in [0.717, 1.165) is 4.90 Å². The van der Waals surface area contributed by atoms with Crippen LogP contribution in [0, 0.1) is 11.6 Å². The highest BCUT2D eigenvalue weighted by Crippen LogP contribution is 2.28. The number of hydrogen-bond acceptors (Lipinski definition) is 3. The van der Waals surface area contributed by atoms with Gasteiger partial charge in [0.05, 0.1) is 6.54 Å². The van der Waals surface area contributed by atoms with Crippen LogP contribution < -0.4 is 10.1 Å². The van der Waals surface area contributed by atoms with Crippen LogP contribution in [0.4, 0.5) is 13.6 Å². The molecule has 2 aromatic rings. The third-order valence-electron chi connectivity index (χ3n) is 4.11. The molecule has 0 bridgehead atoms. The van der Waals surface area contributed by atoms with Crippen molar-refractivity contribution in [3.05, 3.63) is 65.7 Å². The number of urea groups is 1. The van der Waals surface area contributed by atoms with Crippen molar-refractivity contribution in [2.45, 2.75) is 12.5 Å². The second kappa shape index (κ2) is 6.51. The Morgan fingerprint density at radius 2 is 1.76 bits per heavy atom. The molecule has 130 valence electrons. The second-order valence-electron chi connectivity index (χ2n) is 5.80. The van der Waals surface area contributed by atoms with Gasteiger partial charge in [-0.2, -0.15) is 0 Å². The van der Waals surface area contributed by atoms with E-state index in [9.17, 15) is 18.4 Å². The molecule has 5 nitrogen and oxygen atoms in total. The lowest BCUT2D eigenvalue weighted by Crippen LogP contribution is -2.41. The van der Waals surface area contributed by atoms with Crippen molar-refractivity contribution < 1.29 is 23.1 Å². The molecule has 0 aromatic heterocycles. The summed E-state index contributed by atoms with van der Waals surface area (Å²) in [6.07, 6.45) is 0. The topological polar surface area (TPSA) is 58.6 Å². The predicted molar refractivity (Wildman–Crippen MR) is 85.9 cm³/mol. The van der Waals surface area contributed by atoms with Gasteiger partial charge in [0.15, 0.2) is 11.6 Å². The summed E-state index contributed by atoms with van der Waals surface area (Å²) in [6, 6.07) is 10.7. The molecule has 7 heteroatoms. The third kappa shape index (κ3) is 3.17. The van der Waals surface area contributed by atoms with Crippen molar-refractivity contribution in [2.24, 2.45) is 0 Å². The van der Waals surface area contributed by atoms with Crippen molar-refractivity contribution in [3.63, 3.8) is 0 Å². The van der Waals surface area contributed by atoms with Crippen molar-refractivity contribution in [1.82, 2.24) is 10.2 Å². The van der Waals surface area contributed by atoms with Crippen molar-refractivity contribution in [1.29, 1.82) is 0 Å². The Labute approximate surface area is 143 Å². The number of carbonyl (C=O) groups is 2. The predicted octanol–water partition coefficient (Wildman–Crippen LogP) is 2.81. The largest absolute Gasteiger partial charge is 0.489 e. The number of carbonyl (C=O) groups excluding carboxylic acids is 2. The average Bonchev–Trinajstić information content (AvgIpc) is 2.81. The van der Waals surface area contributed by atoms with Gasteiger partial charge in [0.1, 0.15) is 18.0 Å². The fourth-order valence-corrected chi connectivity index (χ4v) is 2.69. The molecule has 0 saturated carbocycles. The van der Waals surface area contributed by atoms with Gasteiger partial charge >= 0.3 is 6.03 Å². The number of nitrogens with zero attached hydrogens (tertiary/aromatic N) is 1. The summed E-state index contributed by atoms with van der Waals surface area (Å²) in [5.74, 6) is -1.37. The van der Waals surface area contributed by atoms with Gasteiger partial charge in [0.2, 0.25) is 0 Å². The lowest BCUT2D eigenvalue weighted by atomic mass is 9.92. The number of halogens is 2. The zero-order chi connectivity index (χ0) is 18.0. The number of para-hydroxylation sites is 1. The Morgan fingerprint density at radius 1 is 1.08 bits per heavy atom. The summed E-state index contributed by atoms with van der Waals surface area (Å²) in [7, 11) is 0. The smallest absolute Gasteiger partial charge is 0.325 e. The van der Waals surface area contributed by atoms with Crippen molar-refractivity contribution in [3.8, 4) is 5.75 Å². The van der Waals surface area contributed by atoms with Gasteiger partial charge < -0.3 is 10.1 Å². The third-order valence-corrected chi connectivity index (χ3v) is 4.11. The van der Waals surface area contributed by atoms with Crippen LogP contribution >= 0.6 is 0 Å². The molecule has 25 heavy (non-hydrogen) atoms. The lowest BCUT2D eigenvalue weighted by molar-refractivity contribution is -0.131. The van der Waals surface area contributed by atoms with E-state index in [2.05, 4.69) is 5.32 Å². The van der Waals surface area contributed by atoms with Crippen molar-refractivity contribution >= 4 is 11.9 Å². The maximum Gasteiger partial charge on any atom is 0.325 e. The lowest BCUT2D eigenvalue weighted by Gasteiger charge is -2.22. The van der Waals surface area contributed by atoms with E-state index in [1.807, 2.05) is 0 Å². The number of hydrogen-bond donors (Lipinski definition) is 1. The van der Waals surface area contributed by atoms with E-state index in [1.54, 1.807) is 13.0 Å². The molecular weight excluding hydrogens is 330 g/mol. The molecule has 2 aromatic carbocycles. The zero-order valence-electron chi connectivity index (χ0n) is 13.5. The van der Waals surface area contributed by atoms with Gasteiger partial charge in [-0.3, -0.25) is 9.69 Å². The SMILES string of the molecule is C[C@]1(c2ccc(F)cc2)NC(=O)N(CCOc2ccccc2F)C1=O. The maximum atomic E-state index is 13.5. The van der Waals surface area contributed by atoms with Gasteiger partial charge in [-0.25, -0.2) is 13.6 Å². The van der Waals surface area contributed by atoms with Crippen LogP contribution in [0.5, 0.6) is 5.75 Å². The van der Waals surface area contributed by atoms with Crippen LogP contribution in [0.2, 0.25) is 0 Å². The molecule has 1 fully saturated rings. The van der Waals surface area contributed by atoms with E-state index >= 15 is 0 Å². The van der Waals surface area contributed by atoms with E-state index in [1.165, 1.54) is 42.5 Å². The second-order valence-corrected chi connectivity index (χ2v) is 5.80. The highest BCUT2D eigenvalue weighted by Gasteiger charge is 2.48. The first kappa shape index (κ1) is 16.9. The fourth-order valence-electron chi connectivity index (χ4n) is 2.69. The molecule has 1 aliphatic heterocycles. The first-order valence-electron chi connectivity index (χ1n) is 7.69. The number of ether oxygens (including phenoxy) is 1. The normalized spacial score (nSPS) is 19.9. The van der Waals surface area contributed by atoms with E-state index in [-0.39, 0.29) is 18.9 Å². The monoisotopic (exact) mass is 346 g/mol. The minimum Gasteiger partial charge on any atom is -0.489 e. The molecule has 3 amide bonds. The molecule has 0 radical (unpaired) electrons. The first-order valence-corrected chi connectivity index (χ1v) is 7.69. The van der Waals surface area contributed by atoms with Crippen LogP contribution in [0.1, 0.15) is 12.5 Å². The summed E-state index contributed by atoms with van der Waals surface area (Å²) in [4.78, 5) is 25.8. The number of imide groups is 1. The summed E-state index contributed by atoms with van der Waals surface area (Å²) in [6.45, 7) is 1.48. The van der Waals surface area contributed by atoms with E-state index in [4.69, 9.17) is 4.74 Å². The summed E-state index contributed by atoms with van der Waals surface area (Å²) < 4.78 is 31.9. The van der Waals surface area contributed by atoms with E-state index in [0.29, 0.717) is 5.56 Å². The van der Waals surface area contributed by atoms with Gasteiger partial charge in [-0.15, -0.1) is 0 Å². The molecule has 1 saturated heterocycles. The van der Waals surface area contributed by atoms with Crippen LogP contribution in [-0.2, 0) is 10.3 Å². The fraction of sp³-hybridized carbons (Fsp3) is 0.222. The number of amides is 3. The summed E-state index contributed by atoms with van der Waals surface area (Å²) in [5.41, 5.74) is -0.798. The minimum absolute atomic E-state index is 0.0320. The van der Waals surface area contributed by atoms with Gasteiger partial charge in [0.25, 0.3) is 5.91 Å². The Morgan fingerprint density at radius 3 is 2.44 bits per heavy atom. The first-order chi connectivity index (χ1) is 11.9. The zero-order valence-corrected chi connectivity index (χ0v) is 13.5. The quantitative estimate of drug-likeness (QED) is 0.847. The molecule has 1 N–H and O–H groups in total. The molecule has 1 aliphatic rings. The van der Waals surface area contributed by atoms with Gasteiger partial charge in [-0.05, 0) is 36.8 Å². The highest BCUT2D eigenvalue weighted by atomic mass is 19.1. The van der Waals surface area contributed by atoms with Gasteiger partial charge in [-0.1, -0.05) is 24.3 Å². The van der Waals surface area contributed by atoms with Crippen LogP contribution in [0.15, 0.2) is 48.5 Å². The molecule has 3 rings (SSSR count). The van der Waals surface area contributed by atoms with Gasteiger partial charge in [0, 0.05) is 0 Å². The van der Waals surface area contributed by atoms with Crippen LogP contribution in [0.25, 0.3) is 0 Å². The Hall–Kier alpha value is -2.96. The maximum absolute atomic E-state index is 13.5. The molecule has 0 spiro atoms. The van der Waals surface area contributed by atoms with Crippen LogP contribution in [0.3, 0.4) is 0 Å². The van der Waals surface area contributed by atoms with E-state index < -0.39 is 29.1 Å². The van der Waals surface area contributed by atoms with Crippen molar-refractivity contribution in [2.75, 3.05) is 13.2 Å². The molecule has 0 aliphatic carbocycles.